The molecular weight excluding hydrogens is 388 g/mol. The van der Waals surface area contributed by atoms with Gasteiger partial charge in [-0.15, -0.1) is 0 Å². The third-order valence-electron chi connectivity index (χ3n) is 6.56. The molecule has 4 aliphatic rings. The van der Waals surface area contributed by atoms with E-state index in [-0.39, 0.29) is 11.2 Å². The highest BCUT2D eigenvalue weighted by atomic mass is 32.2. The molecule has 5 rings (SSSR count). The average Bonchev–Trinajstić information content (AvgIpc) is 2.79. The fourth-order valence-electron chi connectivity index (χ4n) is 5.81. The van der Waals surface area contributed by atoms with Crippen molar-refractivity contribution >= 4 is 15.9 Å². The molecule has 154 valence electrons. The lowest BCUT2D eigenvalue weighted by atomic mass is 9.59. The van der Waals surface area contributed by atoms with Gasteiger partial charge in [0, 0.05) is 11.5 Å². The van der Waals surface area contributed by atoms with Crippen LogP contribution in [0.3, 0.4) is 0 Å². The normalized spacial score (nSPS) is 31.5. The van der Waals surface area contributed by atoms with Crippen LogP contribution in [-0.2, 0) is 10.0 Å². The second-order valence-corrected chi connectivity index (χ2v) is 10.8. The van der Waals surface area contributed by atoms with Gasteiger partial charge in [0.05, 0.1) is 18.4 Å². The van der Waals surface area contributed by atoms with E-state index >= 15 is 0 Å². The number of ether oxygens (including phenoxy) is 1. The Labute approximate surface area is 163 Å². The maximum atomic E-state index is 14.4. The molecule has 4 saturated carbocycles. The molecule has 1 N–H and O–H groups in total. The molecule has 0 heterocycles. The van der Waals surface area contributed by atoms with Gasteiger partial charge in [-0.25, -0.2) is 21.9 Å². The van der Waals surface area contributed by atoms with Gasteiger partial charge >= 0.3 is 0 Å². The van der Waals surface area contributed by atoms with Gasteiger partial charge in [-0.2, -0.15) is 0 Å². The minimum atomic E-state index is -3.87. The molecule has 2 unspecified atom stereocenters. The van der Waals surface area contributed by atoms with Gasteiger partial charge in [0.25, 0.3) is 5.91 Å². The van der Waals surface area contributed by atoms with Crippen molar-refractivity contribution in [3.8, 4) is 5.75 Å². The standard InChI is InChI=1S/C20H25F2NO4S/c1-28(25,26)23-19(24)15-6-17(22)18(7-16(15)21)27-11-20-8-12-2-3-13(9-20)5-14(4-12)10-20/h6-7,12-14H,2-5,8-11H2,1H3,(H,23,24). The second kappa shape index (κ2) is 6.97. The first-order valence-electron chi connectivity index (χ1n) is 9.76. The van der Waals surface area contributed by atoms with Crippen LogP contribution in [-0.4, -0.2) is 27.2 Å². The molecule has 1 aromatic carbocycles. The topological polar surface area (TPSA) is 72.5 Å². The molecule has 28 heavy (non-hydrogen) atoms. The Morgan fingerprint density at radius 3 is 2.32 bits per heavy atom. The van der Waals surface area contributed by atoms with Gasteiger partial charge in [0.2, 0.25) is 10.0 Å². The average molecular weight is 413 g/mol. The molecule has 0 radical (unpaired) electrons. The van der Waals surface area contributed by atoms with Crippen molar-refractivity contribution in [1.82, 2.24) is 4.72 Å². The Hall–Kier alpha value is -1.70. The predicted molar refractivity (Wildman–Crippen MR) is 99.4 cm³/mol. The molecule has 5 nitrogen and oxygen atoms in total. The highest BCUT2D eigenvalue weighted by Crippen LogP contribution is 2.57. The summed E-state index contributed by atoms with van der Waals surface area (Å²) in [6.45, 7) is 0.349. The molecule has 4 aliphatic carbocycles. The third-order valence-corrected chi connectivity index (χ3v) is 7.12. The zero-order valence-electron chi connectivity index (χ0n) is 15.8. The van der Waals surface area contributed by atoms with Crippen molar-refractivity contribution < 1.29 is 26.7 Å². The van der Waals surface area contributed by atoms with Crippen molar-refractivity contribution in [2.24, 2.45) is 23.2 Å². The fourth-order valence-corrected chi connectivity index (χ4v) is 6.26. The van der Waals surface area contributed by atoms with Gasteiger partial charge in [-0.1, -0.05) is 12.8 Å². The summed E-state index contributed by atoms with van der Waals surface area (Å²) in [5.41, 5.74) is -0.635. The van der Waals surface area contributed by atoms with Crippen LogP contribution in [0.5, 0.6) is 5.75 Å². The molecule has 2 atom stereocenters. The zero-order chi connectivity index (χ0) is 20.1. The molecular formula is C20H25F2NO4S. The Morgan fingerprint density at radius 2 is 1.71 bits per heavy atom. The molecule has 0 spiro atoms. The minimum Gasteiger partial charge on any atom is -0.490 e. The maximum absolute atomic E-state index is 14.4. The van der Waals surface area contributed by atoms with E-state index in [0.717, 1.165) is 31.6 Å². The van der Waals surface area contributed by atoms with Crippen LogP contribution in [0.2, 0.25) is 0 Å². The van der Waals surface area contributed by atoms with Gasteiger partial charge < -0.3 is 4.74 Å². The molecule has 0 aliphatic heterocycles. The quantitative estimate of drug-likeness (QED) is 0.800. The first-order chi connectivity index (χ1) is 13.1. The Bertz CT molecular complexity index is 886. The lowest BCUT2D eigenvalue weighted by molar-refractivity contribution is -0.00465. The Kier molecular flexibility index (Phi) is 4.88. The first kappa shape index (κ1) is 19.6. The van der Waals surface area contributed by atoms with Crippen LogP contribution in [0.25, 0.3) is 0 Å². The van der Waals surface area contributed by atoms with E-state index < -0.39 is 33.1 Å². The molecule has 1 aromatic rings. The molecule has 0 aromatic heterocycles. The number of hydrogen-bond acceptors (Lipinski definition) is 4. The highest BCUT2D eigenvalue weighted by molar-refractivity contribution is 7.89. The lowest BCUT2D eigenvalue weighted by Gasteiger charge is -2.48. The Morgan fingerprint density at radius 1 is 1.11 bits per heavy atom. The van der Waals surface area contributed by atoms with E-state index in [1.54, 1.807) is 4.72 Å². The van der Waals surface area contributed by atoms with Gasteiger partial charge in [0.15, 0.2) is 11.6 Å². The largest absolute Gasteiger partial charge is 0.490 e. The number of carbonyl (C=O) groups excluding carboxylic acids is 1. The minimum absolute atomic E-state index is 0.0300. The summed E-state index contributed by atoms with van der Waals surface area (Å²) in [6.07, 6.45) is 9.10. The van der Waals surface area contributed by atoms with Crippen molar-refractivity contribution in [3.63, 3.8) is 0 Å². The number of benzene rings is 1. The van der Waals surface area contributed by atoms with Crippen molar-refractivity contribution in [3.05, 3.63) is 29.3 Å². The number of hydrogen-bond donors (Lipinski definition) is 1. The lowest BCUT2D eigenvalue weighted by Crippen LogP contribution is -2.41. The van der Waals surface area contributed by atoms with E-state index in [1.807, 2.05) is 0 Å². The van der Waals surface area contributed by atoms with Gasteiger partial charge in [-0.05, 0) is 55.9 Å². The smallest absolute Gasteiger partial charge is 0.267 e. The molecule has 0 saturated heterocycles. The molecule has 4 bridgehead atoms. The molecule has 4 fully saturated rings. The Balaban J connectivity index is 1.50. The van der Waals surface area contributed by atoms with E-state index in [0.29, 0.717) is 30.4 Å². The van der Waals surface area contributed by atoms with Crippen LogP contribution >= 0.6 is 0 Å². The third kappa shape index (κ3) is 4.02. The summed E-state index contributed by atoms with van der Waals surface area (Å²) < 4.78 is 58.4. The van der Waals surface area contributed by atoms with E-state index in [9.17, 15) is 22.0 Å². The summed E-state index contributed by atoms with van der Waals surface area (Å²) in [7, 11) is -3.87. The molecule has 1 amide bonds. The summed E-state index contributed by atoms with van der Waals surface area (Å²) in [5.74, 6) is -1.20. The van der Waals surface area contributed by atoms with Crippen LogP contribution in [0.1, 0.15) is 55.3 Å². The second-order valence-electron chi connectivity index (χ2n) is 9.01. The summed E-state index contributed by atoms with van der Waals surface area (Å²) in [4.78, 5) is 11.8. The number of carbonyl (C=O) groups is 1. The maximum Gasteiger partial charge on any atom is 0.267 e. The van der Waals surface area contributed by atoms with E-state index in [4.69, 9.17) is 4.74 Å². The SMILES string of the molecule is CS(=O)(=O)NC(=O)c1cc(F)c(OCC23CC4CCC(CC(C4)C2)C3)cc1F. The number of amides is 1. The zero-order valence-corrected chi connectivity index (χ0v) is 16.7. The summed E-state index contributed by atoms with van der Waals surface area (Å²) in [5, 5.41) is 0. The number of nitrogens with one attached hydrogen (secondary N) is 1. The van der Waals surface area contributed by atoms with E-state index in [1.165, 1.54) is 25.7 Å². The van der Waals surface area contributed by atoms with Gasteiger partial charge in [-0.3, -0.25) is 4.79 Å². The highest BCUT2D eigenvalue weighted by Gasteiger charge is 2.48. The number of rotatable bonds is 5. The number of sulfonamides is 1. The predicted octanol–water partition coefficient (Wildman–Crippen LogP) is 3.64. The van der Waals surface area contributed by atoms with Crippen molar-refractivity contribution in [2.75, 3.05) is 12.9 Å². The van der Waals surface area contributed by atoms with E-state index in [2.05, 4.69) is 0 Å². The van der Waals surface area contributed by atoms with Crippen LogP contribution in [0.15, 0.2) is 12.1 Å². The number of fused-ring (bicyclic) bond motifs is 1. The summed E-state index contributed by atoms with van der Waals surface area (Å²) in [6, 6.07) is 1.53. The van der Waals surface area contributed by atoms with Crippen molar-refractivity contribution in [2.45, 2.75) is 44.9 Å². The van der Waals surface area contributed by atoms with Crippen molar-refractivity contribution in [1.29, 1.82) is 0 Å². The van der Waals surface area contributed by atoms with Crippen LogP contribution < -0.4 is 9.46 Å². The van der Waals surface area contributed by atoms with Crippen LogP contribution in [0, 0.1) is 34.8 Å². The van der Waals surface area contributed by atoms with Crippen LogP contribution in [0.4, 0.5) is 8.78 Å². The monoisotopic (exact) mass is 413 g/mol. The van der Waals surface area contributed by atoms with Gasteiger partial charge in [0.1, 0.15) is 5.82 Å². The summed E-state index contributed by atoms with van der Waals surface area (Å²) >= 11 is 0. The fraction of sp³-hybridized carbons (Fsp3) is 0.650. The number of halogens is 2. The molecule has 8 heteroatoms. The first-order valence-corrected chi connectivity index (χ1v) is 11.7.